The van der Waals surface area contributed by atoms with Crippen molar-refractivity contribution in [1.29, 1.82) is 0 Å². The fourth-order valence-corrected chi connectivity index (χ4v) is 9.81. The van der Waals surface area contributed by atoms with Crippen LogP contribution in [0, 0.1) is 29.1 Å². The lowest BCUT2D eigenvalue weighted by Crippen LogP contribution is -2.17. The third kappa shape index (κ3) is 7.04. The molecule has 4 nitrogen and oxygen atoms in total. The number of halogens is 8. The number of aromatic nitrogens is 4. The lowest BCUT2D eigenvalue weighted by Gasteiger charge is -2.25. The molecule has 344 valence electrons. The van der Waals surface area contributed by atoms with Crippen LogP contribution in [0.5, 0.6) is 0 Å². The second kappa shape index (κ2) is 16.7. The molecule has 71 heavy (non-hydrogen) atoms. The van der Waals surface area contributed by atoms with Gasteiger partial charge < -0.3 is 9.13 Å². The molecule has 0 spiro atoms. The smallest absolute Gasteiger partial charge is 0.309 e. The van der Waals surface area contributed by atoms with Crippen LogP contribution in [-0.4, -0.2) is 19.1 Å². The summed E-state index contributed by atoms with van der Waals surface area (Å²) in [7, 11) is 0. The topological polar surface area (TPSA) is 35.6 Å². The van der Waals surface area contributed by atoms with E-state index < -0.39 is 63.3 Å². The first kappa shape index (κ1) is 43.4. The van der Waals surface area contributed by atoms with Crippen molar-refractivity contribution in [2.75, 3.05) is 0 Å². The van der Waals surface area contributed by atoms with Crippen LogP contribution in [0.2, 0.25) is 0 Å². The molecule has 12 heteroatoms. The number of para-hydroxylation sites is 2. The van der Waals surface area contributed by atoms with Gasteiger partial charge in [-0.3, -0.25) is 9.97 Å². The van der Waals surface area contributed by atoms with Gasteiger partial charge in [-0.25, -0.2) is 22.0 Å². The third-order valence-corrected chi connectivity index (χ3v) is 13.1. The predicted octanol–water partition coefficient (Wildman–Crippen LogP) is 16.7. The van der Waals surface area contributed by atoms with E-state index in [1.165, 1.54) is 9.13 Å². The summed E-state index contributed by atoms with van der Waals surface area (Å²) in [5.41, 5.74) is 1.46. The maximum absolute atomic E-state index is 16.8. The van der Waals surface area contributed by atoms with Gasteiger partial charge in [0, 0.05) is 61.8 Å². The Balaban J connectivity index is 1.17. The summed E-state index contributed by atoms with van der Waals surface area (Å²) in [5.74, 6) is -11.6. The van der Waals surface area contributed by atoms with Gasteiger partial charge in [0.05, 0.1) is 50.4 Å². The van der Waals surface area contributed by atoms with Crippen LogP contribution >= 0.6 is 0 Å². The van der Waals surface area contributed by atoms with Gasteiger partial charge in [-0.1, -0.05) is 133 Å². The number of pyridine rings is 2. The maximum Gasteiger partial charge on any atom is 0.420 e. The van der Waals surface area contributed by atoms with Crippen molar-refractivity contribution in [2.24, 2.45) is 0 Å². The molecular formula is C59H32F8N4. The molecule has 4 aromatic heterocycles. The molecular weight excluding hydrogens is 917 g/mol. The monoisotopic (exact) mass is 948 g/mol. The fraction of sp³-hybridized carbons (Fsp3) is 0.0169. The Morgan fingerprint density at radius 3 is 1.25 bits per heavy atom. The minimum atomic E-state index is -5.34. The molecule has 8 aromatic carbocycles. The zero-order valence-electron chi connectivity index (χ0n) is 36.8. The van der Waals surface area contributed by atoms with E-state index in [4.69, 9.17) is 0 Å². The highest BCUT2D eigenvalue weighted by atomic mass is 19.4. The van der Waals surface area contributed by atoms with E-state index in [9.17, 15) is 4.39 Å². The second-order valence-corrected chi connectivity index (χ2v) is 17.1. The van der Waals surface area contributed by atoms with Crippen molar-refractivity contribution in [3.63, 3.8) is 0 Å². The van der Waals surface area contributed by atoms with E-state index in [1.807, 2.05) is 97.1 Å². The number of hydrogen-bond acceptors (Lipinski definition) is 2. The lowest BCUT2D eigenvalue weighted by atomic mass is 9.95. The Morgan fingerprint density at radius 1 is 0.352 bits per heavy atom. The van der Waals surface area contributed by atoms with Crippen LogP contribution in [-0.2, 0) is 6.18 Å². The molecule has 0 aliphatic rings. The first-order chi connectivity index (χ1) is 34.5. The van der Waals surface area contributed by atoms with Crippen molar-refractivity contribution in [2.45, 2.75) is 6.18 Å². The number of rotatable bonds is 7. The number of alkyl halides is 3. The first-order valence-electron chi connectivity index (χ1n) is 22.3. The minimum absolute atomic E-state index is 0.152. The molecule has 0 atom stereocenters. The zero-order valence-corrected chi connectivity index (χ0v) is 36.8. The molecule has 0 unspecified atom stereocenters. The highest BCUT2D eigenvalue weighted by molar-refractivity contribution is 6.12. The molecule has 0 fully saturated rings. The Hall–Kier alpha value is -8.90. The fourth-order valence-electron chi connectivity index (χ4n) is 9.81. The largest absolute Gasteiger partial charge is 0.420 e. The van der Waals surface area contributed by atoms with Gasteiger partial charge in [0.2, 0.25) is 5.82 Å². The average Bonchev–Trinajstić information content (AvgIpc) is 3.92. The van der Waals surface area contributed by atoms with Gasteiger partial charge in [0.25, 0.3) is 0 Å². The number of hydrogen-bond donors (Lipinski definition) is 0. The van der Waals surface area contributed by atoms with E-state index in [2.05, 4.69) is 9.97 Å². The molecule has 0 radical (unpaired) electrons. The predicted molar refractivity (Wildman–Crippen MR) is 263 cm³/mol. The summed E-state index contributed by atoms with van der Waals surface area (Å²) in [6, 6.07) is 52.3. The van der Waals surface area contributed by atoms with Gasteiger partial charge >= 0.3 is 6.18 Å². The van der Waals surface area contributed by atoms with Crippen molar-refractivity contribution in [3.05, 3.63) is 229 Å². The molecule has 12 rings (SSSR count). The summed E-state index contributed by atoms with van der Waals surface area (Å²) in [5, 5.41) is 2.10. The molecule has 0 saturated heterocycles. The van der Waals surface area contributed by atoms with E-state index in [0.29, 0.717) is 60.5 Å². The van der Waals surface area contributed by atoms with Crippen molar-refractivity contribution in [1.82, 2.24) is 19.1 Å². The van der Waals surface area contributed by atoms with Crippen molar-refractivity contribution in [3.8, 4) is 67.3 Å². The van der Waals surface area contributed by atoms with Crippen LogP contribution in [0.4, 0.5) is 35.1 Å². The highest BCUT2D eigenvalue weighted by Crippen LogP contribution is 2.49. The standard InChI is InChI=1S/C59H32F8N4/c60-53-51(54(61)56(63)57(64)55(53)62)43-25-28-48(70-46-17-9-7-15-39(46)41-23-19-35(29-49(41)70)37-21-26-44(68-31-37)33-11-3-1-4-12-33)52(59(65,66)67)58(43)71-47-18-10-8-16-40(47)42-24-20-36(30-50(42)71)38-22-27-45(69-32-38)34-13-5-2-6-14-34/h1-32H. The second-order valence-electron chi connectivity index (χ2n) is 17.1. The van der Waals surface area contributed by atoms with E-state index in [-0.39, 0.29) is 11.0 Å². The van der Waals surface area contributed by atoms with E-state index in [1.54, 1.807) is 85.2 Å². The molecule has 0 aliphatic heterocycles. The molecule has 0 saturated carbocycles. The van der Waals surface area contributed by atoms with Crippen LogP contribution in [0.1, 0.15) is 5.56 Å². The van der Waals surface area contributed by atoms with Crippen molar-refractivity contribution < 1.29 is 35.1 Å². The summed E-state index contributed by atoms with van der Waals surface area (Å²) < 4.78 is 131. The van der Waals surface area contributed by atoms with Gasteiger partial charge in [-0.05, 0) is 59.7 Å². The summed E-state index contributed by atoms with van der Waals surface area (Å²) in [4.78, 5) is 9.33. The van der Waals surface area contributed by atoms with Gasteiger partial charge in [-0.15, -0.1) is 0 Å². The van der Waals surface area contributed by atoms with Crippen molar-refractivity contribution >= 4 is 43.6 Å². The Bertz CT molecular complexity index is 4040. The lowest BCUT2D eigenvalue weighted by molar-refractivity contribution is -0.137. The van der Waals surface area contributed by atoms with E-state index >= 15 is 30.7 Å². The Kier molecular flexibility index (Phi) is 10.2. The highest BCUT2D eigenvalue weighted by Gasteiger charge is 2.42. The summed E-state index contributed by atoms with van der Waals surface area (Å²) in [6.07, 6.45) is -2.04. The quantitative estimate of drug-likeness (QED) is 0.0907. The number of nitrogens with zero attached hydrogens (tertiary/aromatic N) is 4. The number of fused-ring (bicyclic) bond motifs is 6. The normalized spacial score (nSPS) is 11.9. The zero-order chi connectivity index (χ0) is 48.7. The molecule has 0 N–H and O–H groups in total. The van der Waals surface area contributed by atoms with Gasteiger partial charge in [0.15, 0.2) is 23.3 Å². The third-order valence-electron chi connectivity index (χ3n) is 13.1. The Labute approximate surface area is 399 Å². The Morgan fingerprint density at radius 2 is 0.775 bits per heavy atom. The first-order valence-corrected chi connectivity index (χ1v) is 22.3. The summed E-state index contributed by atoms with van der Waals surface area (Å²) >= 11 is 0. The summed E-state index contributed by atoms with van der Waals surface area (Å²) in [6.45, 7) is 0. The number of benzene rings is 8. The van der Waals surface area contributed by atoms with Crippen LogP contribution in [0.25, 0.3) is 111 Å². The maximum atomic E-state index is 16.8. The SMILES string of the molecule is Fc1c(F)c(F)c(-c2ccc(-n3c4ccccc4c4ccc(-c5ccc(-c6ccccc6)nc5)cc43)c(C(F)(F)F)c2-n2c3ccccc3c3ccc(-c4ccc(-c5ccccc5)nc4)cc32)c(F)c1F. The molecule has 0 amide bonds. The molecule has 0 aliphatic carbocycles. The molecule has 12 aromatic rings. The van der Waals surface area contributed by atoms with Gasteiger partial charge in [-0.2, -0.15) is 13.2 Å². The average molecular weight is 949 g/mol. The van der Waals surface area contributed by atoms with Gasteiger partial charge in [0.1, 0.15) is 5.56 Å². The minimum Gasteiger partial charge on any atom is -0.309 e. The van der Waals surface area contributed by atoms with E-state index in [0.717, 1.165) is 29.0 Å². The van der Waals surface area contributed by atoms with Crippen LogP contribution in [0.15, 0.2) is 194 Å². The molecule has 4 heterocycles. The van der Waals surface area contributed by atoms with Crippen LogP contribution in [0.3, 0.4) is 0 Å². The van der Waals surface area contributed by atoms with Crippen LogP contribution < -0.4 is 0 Å². The molecule has 0 bridgehead atoms.